The first-order valence-corrected chi connectivity index (χ1v) is 7.85. The molecule has 2 N–H and O–H groups in total. The van der Waals surface area contributed by atoms with Crippen LogP contribution in [0.3, 0.4) is 0 Å². The van der Waals surface area contributed by atoms with Gasteiger partial charge in [0.05, 0.1) is 0 Å². The molecule has 2 rings (SSSR count). The van der Waals surface area contributed by atoms with E-state index >= 15 is 0 Å². The largest absolute Gasteiger partial charge is 0.424 e. The van der Waals surface area contributed by atoms with Crippen molar-refractivity contribution >= 4 is 6.03 Å². The lowest BCUT2D eigenvalue weighted by Gasteiger charge is -2.31. The van der Waals surface area contributed by atoms with E-state index in [2.05, 4.69) is 10.3 Å². The van der Waals surface area contributed by atoms with Crippen LogP contribution in [0.5, 0.6) is 0 Å². The fourth-order valence-corrected chi connectivity index (χ4v) is 2.70. The van der Waals surface area contributed by atoms with E-state index < -0.39 is 30.1 Å². The SMILES string of the molecule is CC(C1CC1)N(C)C(=O)NCCC(O)(c1nccn1C)C(F)(F)F. The van der Waals surface area contributed by atoms with Crippen LogP contribution in [0.2, 0.25) is 0 Å². The number of aryl methyl sites for hydroxylation is 1. The lowest BCUT2D eigenvalue weighted by molar-refractivity contribution is -0.272. The standard InChI is InChI=1S/C15H23F3N4O2/c1-10(11-4-5-11)22(3)13(23)20-7-6-14(24,15(16,17)18)12-19-8-9-21(12)2/h8-11,24H,4-7H2,1-3H3,(H,20,23). The average molecular weight is 348 g/mol. The molecule has 9 heteroatoms. The van der Waals surface area contributed by atoms with Gasteiger partial charge in [0.2, 0.25) is 5.60 Å². The summed E-state index contributed by atoms with van der Waals surface area (Å²) in [5.74, 6) is -0.0376. The summed E-state index contributed by atoms with van der Waals surface area (Å²) in [6.07, 6.45) is -0.966. The fraction of sp³-hybridized carbons (Fsp3) is 0.733. The van der Waals surface area contributed by atoms with Gasteiger partial charge in [-0.05, 0) is 25.7 Å². The molecule has 2 amide bonds. The molecular weight excluding hydrogens is 325 g/mol. The summed E-state index contributed by atoms with van der Waals surface area (Å²) in [7, 11) is 3.00. The van der Waals surface area contributed by atoms with Crippen molar-refractivity contribution in [3.8, 4) is 0 Å². The Hall–Kier alpha value is -1.77. The third-order valence-electron chi connectivity index (χ3n) is 4.66. The maximum Gasteiger partial charge on any atom is 0.424 e. The van der Waals surface area contributed by atoms with Gasteiger partial charge in [-0.15, -0.1) is 0 Å². The van der Waals surface area contributed by atoms with Gasteiger partial charge in [-0.1, -0.05) is 0 Å². The zero-order chi connectivity index (χ0) is 18.1. The van der Waals surface area contributed by atoms with Gasteiger partial charge in [-0.3, -0.25) is 0 Å². The fourth-order valence-electron chi connectivity index (χ4n) is 2.70. The first-order chi connectivity index (χ1) is 11.1. The van der Waals surface area contributed by atoms with Gasteiger partial charge in [-0.25, -0.2) is 9.78 Å². The molecule has 0 bridgehead atoms. The third kappa shape index (κ3) is 3.66. The monoisotopic (exact) mass is 348 g/mol. The number of urea groups is 1. The maximum absolute atomic E-state index is 13.3. The maximum atomic E-state index is 13.3. The Balaban J connectivity index is 1.99. The van der Waals surface area contributed by atoms with Crippen molar-refractivity contribution in [2.45, 2.75) is 44.0 Å². The van der Waals surface area contributed by atoms with Gasteiger partial charge in [-0.2, -0.15) is 13.2 Å². The van der Waals surface area contributed by atoms with Crippen LogP contribution in [0.4, 0.5) is 18.0 Å². The molecule has 1 aromatic rings. The summed E-state index contributed by atoms with van der Waals surface area (Å²) in [5.41, 5.74) is -3.11. The number of hydrogen-bond donors (Lipinski definition) is 2. The number of amides is 2. The average Bonchev–Trinajstić information content (AvgIpc) is 3.25. The van der Waals surface area contributed by atoms with E-state index in [9.17, 15) is 23.1 Å². The van der Waals surface area contributed by atoms with Crippen molar-refractivity contribution in [3.63, 3.8) is 0 Å². The Bertz CT molecular complexity index is 586. The normalized spacial score (nSPS) is 18.8. The number of carbonyl (C=O) groups excluding carboxylic acids is 1. The predicted molar refractivity (Wildman–Crippen MR) is 81.1 cm³/mol. The second-order valence-corrected chi connectivity index (χ2v) is 6.39. The highest BCUT2D eigenvalue weighted by molar-refractivity contribution is 5.74. The molecule has 1 aliphatic rings. The van der Waals surface area contributed by atoms with Crippen molar-refractivity contribution in [3.05, 3.63) is 18.2 Å². The summed E-state index contributed by atoms with van der Waals surface area (Å²) in [6.45, 7) is 1.60. The van der Waals surface area contributed by atoms with Gasteiger partial charge in [0.25, 0.3) is 0 Å². The zero-order valence-corrected chi connectivity index (χ0v) is 14.0. The first kappa shape index (κ1) is 18.6. The third-order valence-corrected chi connectivity index (χ3v) is 4.66. The summed E-state index contributed by atoms with van der Waals surface area (Å²) < 4.78 is 41.2. The number of aliphatic hydroxyl groups is 1. The van der Waals surface area contributed by atoms with Crippen molar-refractivity contribution in [2.24, 2.45) is 13.0 Å². The Morgan fingerprint density at radius 1 is 1.54 bits per heavy atom. The van der Waals surface area contributed by atoms with Gasteiger partial charge in [0, 0.05) is 45.5 Å². The highest BCUT2D eigenvalue weighted by Gasteiger charge is 2.57. The molecule has 136 valence electrons. The van der Waals surface area contributed by atoms with Crippen LogP contribution in [0.1, 0.15) is 32.0 Å². The number of hydrogen-bond acceptors (Lipinski definition) is 3. The van der Waals surface area contributed by atoms with E-state index in [1.807, 2.05) is 6.92 Å². The molecule has 0 aliphatic heterocycles. The minimum atomic E-state index is -4.90. The molecule has 1 aliphatic carbocycles. The van der Waals surface area contributed by atoms with E-state index in [4.69, 9.17) is 0 Å². The van der Waals surface area contributed by atoms with Crippen LogP contribution in [0.15, 0.2) is 12.4 Å². The van der Waals surface area contributed by atoms with Crippen LogP contribution in [-0.4, -0.2) is 51.4 Å². The Kier molecular flexibility index (Phi) is 5.12. The molecule has 1 heterocycles. The van der Waals surface area contributed by atoms with E-state index in [1.165, 1.54) is 24.3 Å². The van der Waals surface area contributed by atoms with E-state index in [0.717, 1.165) is 17.4 Å². The second-order valence-electron chi connectivity index (χ2n) is 6.39. The van der Waals surface area contributed by atoms with Crippen molar-refractivity contribution in [2.75, 3.05) is 13.6 Å². The molecule has 2 unspecified atom stereocenters. The molecule has 1 saturated carbocycles. The van der Waals surface area contributed by atoms with Gasteiger partial charge >= 0.3 is 12.2 Å². The van der Waals surface area contributed by atoms with Crippen molar-refractivity contribution < 1.29 is 23.1 Å². The second kappa shape index (κ2) is 6.62. The molecule has 0 saturated heterocycles. The molecule has 1 fully saturated rings. The van der Waals surface area contributed by atoms with Crippen LogP contribution in [-0.2, 0) is 12.6 Å². The molecule has 1 aromatic heterocycles. The Morgan fingerprint density at radius 3 is 2.62 bits per heavy atom. The number of rotatable bonds is 6. The predicted octanol–water partition coefficient (Wildman–Crippen LogP) is 2.00. The van der Waals surface area contributed by atoms with Gasteiger partial charge in [0.15, 0.2) is 0 Å². The number of nitrogens with zero attached hydrogens (tertiary/aromatic N) is 3. The highest BCUT2D eigenvalue weighted by Crippen LogP contribution is 2.40. The topological polar surface area (TPSA) is 70.4 Å². The quantitative estimate of drug-likeness (QED) is 0.826. The molecule has 6 nitrogen and oxygen atoms in total. The molecular formula is C15H23F3N4O2. The lowest BCUT2D eigenvalue weighted by atomic mass is 9.97. The van der Waals surface area contributed by atoms with E-state index in [-0.39, 0.29) is 12.6 Å². The summed E-state index contributed by atoms with van der Waals surface area (Å²) in [5, 5.41) is 12.6. The van der Waals surface area contributed by atoms with Gasteiger partial charge in [0.1, 0.15) is 5.82 Å². The van der Waals surface area contributed by atoms with Crippen LogP contribution >= 0.6 is 0 Å². The number of imidazole rings is 1. The molecule has 0 radical (unpaired) electrons. The van der Waals surface area contributed by atoms with E-state index in [0.29, 0.717) is 5.92 Å². The van der Waals surface area contributed by atoms with Crippen molar-refractivity contribution in [1.82, 2.24) is 19.8 Å². The summed E-state index contributed by atoms with van der Waals surface area (Å²) in [6, 6.07) is -0.403. The van der Waals surface area contributed by atoms with Crippen molar-refractivity contribution in [1.29, 1.82) is 0 Å². The summed E-state index contributed by atoms with van der Waals surface area (Å²) >= 11 is 0. The molecule has 0 spiro atoms. The lowest BCUT2D eigenvalue weighted by Crippen LogP contribution is -2.48. The summed E-state index contributed by atoms with van der Waals surface area (Å²) in [4.78, 5) is 17.1. The minimum absolute atomic E-state index is 0.0426. The molecule has 2 atom stereocenters. The number of carbonyl (C=O) groups is 1. The van der Waals surface area contributed by atoms with Crippen LogP contribution < -0.4 is 5.32 Å². The number of halogens is 3. The van der Waals surface area contributed by atoms with Crippen LogP contribution in [0, 0.1) is 5.92 Å². The highest BCUT2D eigenvalue weighted by atomic mass is 19.4. The van der Waals surface area contributed by atoms with Crippen LogP contribution in [0.25, 0.3) is 0 Å². The number of alkyl halides is 3. The van der Waals surface area contributed by atoms with E-state index in [1.54, 1.807) is 7.05 Å². The molecule has 24 heavy (non-hydrogen) atoms. The number of nitrogens with one attached hydrogen (secondary N) is 1. The van der Waals surface area contributed by atoms with Gasteiger partial charge < -0.3 is 19.9 Å². The first-order valence-electron chi connectivity index (χ1n) is 7.85. The smallest absolute Gasteiger partial charge is 0.374 e. The molecule has 0 aromatic carbocycles. The number of aromatic nitrogens is 2. The Morgan fingerprint density at radius 2 is 2.17 bits per heavy atom. The Labute approximate surface area is 138 Å². The zero-order valence-electron chi connectivity index (χ0n) is 14.0. The minimum Gasteiger partial charge on any atom is -0.374 e.